The minimum Gasteiger partial charge on any atom is -0.335 e. The van der Waals surface area contributed by atoms with Crippen LogP contribution in [0.15, 0.2) is 5.38 Å². The number of aryl methyl sites for hydroxylation is 1. The first-order chi connectivity index (χ1) is 12.2. The lowest BCUT2D eigenvalue weighted by Gasteiger charge is -2.38. The van der Waals surface area contributed by atoms with Gasteiger partial charge in [0.05, 0.1) is 5.56 Å². The number of piperazine rings is 1. The number of carbonyl (C=O) groups excluding carboxylic acids is 2. The van der Waals surface area contributed by atoms with Crippen molar-refractivity contribution in [3.63, 3.8) is 0 Å². The predicted molar refractivity (Wildman–Crippen MR) is 99.3 cm³/mol. The summed E-state index contributed by atoms with van der Waals surface area (Å²) in [7, 11) is 0. The number of carbonyl (C=O) groups is 2. The molecular weight excluding hydrogens is 334 g/mol. The van der Waals surface area contributed by atoms with Gasteiger partial charge in [-0.25, -0.2) is 4.79 Å². The molecule has 3 heterocycles. The molecule has 5 nitrogen and oxygen atoms in total. The van der Waals surface area contributed by atoms with Gasteiger partial charge >= 0.3 is 6.03 Å². The first kappa shape index (κ1) is 16.9. The van der Waals surface area contributed by atoms with E-state index in [1.807, 2.05) is 14.7 Å². The van der Waals surface area contributed by atoms with Crippen LogP contribution in [-0.4, -0.2) is 65.9 Å². The molecule has 0 aromatic carbocycles. The van der Waals surface area contributed by atoms with E-state index in [1.165, 1.54) is 29.7 Å². The fourth-order valence-electron chi connectivity index (χ4n) is 4.23. The van der Waals surface area contributed by atoms with E-state index in [9.17, 15) is 9.59 Å². The van der Waals surface area contributed by atoms with E-state index in [1.54, 1.807) is 11.3 Å². The van der Waals surface area contributed by atoms with Gasteiger partial charge in [0.25, 0.3) is 5.91 Å². The lowest BCUT2D eigenvalue weighted by molar-refractivity contribution is 0.0632. The van der Waals surface area contributed by atoms with Gasteiger partial charge in [-0.1, -0.05) is 0 Å². The van der Waals surface area contributed by atoms with Gasteiger partial charge < -0.3 is 14.7 Å². The molecule has 0 N–H and O–H groups in total. The van der Waals surface area contributed by atoms with Gasteiger partial charge in [0.15, 0.2) is 0 Å². The molecule has 3 aliphatic rings. The molecule has 0 bridgehead atoms. The fourth-order valence-corrected chi connectivity index (χ4v) is 5.35. The largest absolute Gasteiger partial charge is 0.335 e. The van der Waals surface area contributed by atoms with Gasteiger partial charge in [-0.15, -0.1) is 11.3 Å². The standard InChI is InChI=1S/C19H27N3O2S/c23-18(16-14-25-17-7-3-2-6-15(16)17)20-10-12-22(13-11-20)19(24)21-8-4-1-5-9-21/h14H,1-13H2. The average molecular weight is 362 g/mol. The Labute approximate surface area is 153 Å². The van der Waals surface area contributed by atoms with Crippen LogP contribution in [0.2, 0.25) is 0 Å². The average Bonchev–Trinajstić information content (AvgIpc) is 3.12. The zero-order valence-corrected chi connectivity index (χ0v) is 15.7. The molecule has 0 saturated carbocycles. The molecule has 25 heavy (non-hydrogen) atoms. The van der Waals surface area contributed by atoms with Crippen molar-refractivity contribution in [1.29, 1.82) is 0 Å². The maximum Gasteiger partial charge on any atom is 0.320 e. The Hall–Kier alpha value is -1.56. The van der Waals surface area contributed by atoms with Crippen molar-refractivity contribution >= 4 is 23.3 Å². The number of amides is 3. The van der Waals surface area contributed by atoms with Crippen molar-refractivity contribution in [2.24, 2.45) is 0 Å². The molecule has 4 rings (SSSR count). The summed E-state index contributed by atoms with van der Waals surface area (Å²) in [6.07, 6.45) is 8.09. The summed E-state index contributed by atoms with van der Waals surface area (Å²) in [6, 6.07) is 0.166. The third-order valence-corrected chi connectivity index (χ3v) is 6.84. The summed E-state index contributed by atoms with van der Waals surface area (Å²) in [4.78, 5) is 32.8. The second kappa shape index (κ2) is 7.36. The van der Waals surface area contributed by atoms with E-state index in [2.05, 4.69) is 5.38 Å². The summed E-state index contributed by atoms with van der Waals surface area (Å²) >= 11 is 1.75. The van der Waals surface area contributed by atoms with Crippen LogP contribution in [0.4, 0.5) is 4.79 Å². The monoisotopic (exact) mass is 361 g/mol. The lowest BCUT2D eigenvalue weighted by atomic mass is 9.95. The molecule has 1 aliphatic carbocycles. The zero-order valence-electron chi connectivity index (χ0n) is 14.8. The third kappa shape index (κ3) is 3.41. The molecule has 2 fully saturated rings. The molecule has 0 radical (unpaired) electrons. The molecule has 6 heteroatoms. The summed E-state index contributed by atoms with van der Waals surface area (Å²) in [5, 5.41) is 2.06. The van der Waals surface area contributed by atoms with Crippen LogP contribution in [0, 0.1) is 0 Å². The summed E-state index contributed by atoms with van der Waals surface area (Å²) in [6.45, 7) is 4.41. The molecular formula is C19H27N3O2S. The van der Waals surface area contributed by atoms with Gasteiger partial charge in [0.1, 0.15) is 0 Å². The minimum absolute atomic E-state index is 0.166. The third-order valence-electron chi connectivity index (χ3n) is 5.76. The van der Waals surface area contributed by atoms with Crippen molar-refractivity contribution in [3.05, 3.63) is 21.4 Å². The second-order valence-corrected chi connectivity index (χ2v) is 8.33. The first-order valence-electron chi connectivity index (χ1n) is 9.66. The van der Waals surface area contributed by atoms with Crippen molar-refractivity contribution in [2.45, 2.75) is 44.9 Å². The molecule has 1 aromatic rings. The van der Waals surface area contributed by atoms with E-state index in [0.717, 1.165) is 44.3 Å². The summed E-state index contributed by atoms with van der Waals surface area (Å²) in [5.41, 5.74) is 2.23. The van der Waals surface area contributed by atoms with Crippen LogP contribution in [0.25, 0.3) is 0 Å². The highest BCUT2D eigenvalue weighted by Gasteiger charge is 2.30. The van der Waals surface area contributed by atoms with Crippen LogP contribution in [-0.2, 0) is 12.8 Å². The highest BCUT2D eigenvalue weighted by molar-refractivity contribution is 7.10. The number of rotatable bonds is 1. The zero-order chi connectivity index (χ0) is 17.2. The van der Waals surface area contributed by atoms with Gasteiger partial charge in [0.2, 0.25) is 0 Å². The van der Waals surface area contributed by atoms with Crippen molar-refractivity contribution in [1.82, 2.24) is 14.7 Å². The minimum atomic E-state index is 0.166. The number of likely N-dealkylation sites (tertiary alicyclic amines) is 1. The highest BCUT2D eigenvalue weighted by atomic mass is 32.1. The Morgan fingerprint density at radius 1 is 0.760 bits per heavy atom. The van der Waals surface area contributed by atoms with Crippen LogP contribution < -0.4 is 0 Å². The predicted octanol–water partition coefficient (Wildman–Crippen LogP) is 2.99. The molecule has 1 aromatic heterocycles. The molecule has 0 atom stereocenters. The van der Waals surface area contributed by atoms with Crippen molar-refractivity contribution < 1.29 is 9.59 Å². The van der Waals surface area contributed by atoms with Gasteiger partial charge in [-0.05, 0) is 50.5 Å². The smallest absolute Gasteiger partial charge is 0.320 e. The van der Waals surface area contributed by atoms with Crippen LogP contribution in [0.3, 0.4) is 0 Å². The van der Waals surface area contributed by atoms with Crippen molar-refractivity contribution in [2.75, 3.05) is 39.3 Å². The fraction of sp³-hybridized carbons (Fsp3) is 0.684. The number of piperidine rings is 1. The lowest BCUT2D eigenvalue weighted by Crippen LogP contribution is -2.54. The molecule has 3 amide bonds. The van der Waals surface area contributed by atoms with E-state index in [4.69, 9.17) is 0 Å². The van der Waals surface area contributed by atoms with E-state index in [0.29, 0.717) is 26.2 Å². The summed E-state index contributed by atoms with van der Waals surface area (Å²) in [5.74, 6) is 0.171. The topological polar surface area (TPSA) is 43.9 Å². The molecule has 2 aliphatic heterocycles. The molecule has 0 unspecified atom stereocenters. The van der Waals surface area contributed by atoms with E-state index >= 15 is 0 Å². The van der Waals surface area contributed by atoms with Crippen LogP contribution in [0.1, 0.15) is 52.9 Å². The maximum absolute atomic E-state index is 12.9. The van der Waals surface area contributed by atoms with E-state index in [-0.39, 0.29) is 11.9 Å². The Bertz CT molecular complexity index is 643. The van der Waals surface area contributed by atoms with Crippen LogP contribution >= 0.6 is 11.3 Å². The van der Waals surface area contributed by atoms with E-state index < -0.39 is 0 Å². The molecule has 0 spiro atoms. The Kier molecular flexibility index (Phi) is 4.97. The number of urea groups is 1. The first-order valence-corrected chi connectivity index (χ1v) is 10.5. The second-order valence-electron chi connectivity index (χ2n) is 7.37. The Morgan fingerprint density at radius 2 is 1.40 bits per heavy atom. The summed E-state index contributed by atoms with van der Waals surface area (Å²) < 4.78 is 0. The molecule has 136 valence electrons. The molecule has 2 saturated heterocycles. The van der Waals surface area contributed by atoms with Gasteiger partial charge in [0, 0.05) is 49.5 Å². The normalized spacial score (nSPS) is 21.2. The Morgan fingerprint density at radius 3 is 2.16 bits per heavy atom. The number of hydrogen-bond donors (Lipinski definition) is 0. The quantitative estimate of drug-likeness (QED) is 0.772. The van der Waals surface area contributed by atoms with Gasteiger partial charge in [-0.3, -0.25) is 4.79 Å². The SMILES string of the molecule is O=C(c1csc2c1CCCC2)N1CCN(C(=O)N2CCCCC2)CC1. The van der Waals surface area contributed by atoms with Crippen LogP contribution in [0.5, 0.6) is 0 Å². The number of hydrogen-bond acceptors (Lipinski definition) is 3. The van der Waals surface area contributed by atoms with Crippen molar-refractivity contribution in [3.8, 4) is 0 Å². The van der Waals surface area contributed by atoms with Gasteiger partial charge in [-0.2, -0.15) is 0 Å². The number of thiophene rings is 1. The Balaban J connectivity index is 1.36. The number of fused-ring (bicyclic) bond motifs is 1. The maximum atomic E-state index is 12.9. The number of nitrogens with zero attached hydrogens (tertiary/aromatic N) is 3. The highest BCUT2D eigenvalue weighted by Crippen LogP contribution is 2.31.